The van der Waals surface area contributed by atoms with E-state index in [0.29, 0.717) is 6.54 Å². The quantitative estimate of drug-likeness (QED) is 0.517. The molecule has 0 aromatic heterocycles. The Morgan fingerprint density at radius 1 is 1.17 bits per heavy atom. The number of ether oxygens (including phenoxy) is 2. The molecule has 2 aromatic rings. The number of rotatable bonds is 9. The first-order valence-corrected chi connectivity index (χ1v) is 10.4. The molecule has 156 valence electrons. The number of methoxy groups -OCH3 is 1. The number of halogens is 2. The van der Waals surface area contributed by atoms with Crippen LogP contribution in [0.5, 0.6) is 11.5 Å². The number of nitrogens with zero attached hydrogens (tertiary/aromatic N) is 1. The lowest BCUT2D eigenvalue weighted by Gasteiger charge is -2.26. The zero-order chi connectivity index (χ0) is 21.0. The van der Waals surface area contributed by atoms with Crippen molar-refractivity contribution in [3.05, 3.63) is 53.6 Å². The van der Waals surface area contributed by atoms with Crippen LogP contribution < -0.4 is 9.47 Å². The molecule has 0 spiro atoms. The molecule has 2 aromatic carbocycles. The van der Waals surface area contributed by atoms with Gasteiger partial charge in [-0.05, 0) is 56.5 Å². The molecule has 1 saturated carbocycles. The summed E-state index contributed by atoms with van der Waals surface area (Å²) in [6.45, 7) is 1.44. The van der Waals surface area contributed by atoms with Crippen molar-refractivity contribution in [2.75, 3.05) is 7.11 Å². The molecule has 1 aliphatic rings. The molecule has 1 atom stereocenters. The normalized spacial score (nSPS) is 14.6. The Labute approximate surface area is 174 Å². The van der Waals surface area contributed by atoms with Gasteiger partial charge >= 0.3 is 6.61 Å². The summed E-state index contributed by atoms with van der Waals surface area (Å²) in [5, 5.41) is -0.221. The van der Waals surface area contributed by atoms with Gasteiger partial charge in [-0.1, -0.05) is 23.8 Å². The van der Waals surface area contributed by atoms with Gasteiger partial charge in [-0.15, -0.1) is 11.8 Å². The molecule has 7 heteroatoms. The molecule has 0 bridgehead atoms. The molecule has 1 fully saturated rings. The van der Waals surface area contributed by atoms with Crippen molar-refractivity contribution >= 4 is 17.7 Å². The highest BCUT2D eigenvalue weighted by Crippen LogP contribution is 2.34. The smallest absolute Gasteiger partial charge is 0.387 e. The Morgan fingerprint density at radius 2 is 1.86 bits per heavy atom. The molecule has 29 heavy (non-hydrogen) atoms. The third-order valence-electron chi connectivity index (χ3n) is 4.75. The van der Waals surface area contributed by atoms with Crippen molar-refractivity contribution < 1.29 is 23.0 Å². The molecule has 0 radical (unpaired) electrons. The molecule has 0 N–H and O–H groups in total. The van der Waals surface area contributed by atoms with E-state index in [4.69, 9.17) is 4.74 Å². The molecule has 0 heterocycles. The maximum Gasteiger partial charge on any atom is 0.387 e. The maximum atomic E-state index is 13.1. The number of carbonyl (C=O) groups is 1. The van der Waals surface area contributed by atoms with Gasteiger partial charge in [0.15, 0.2) is 11.5 Å². The molecule has 0 aliphatic heterocycles. The van der Waals surface area contributed by atoms with Crippen LogP contribution in [0.4, 0.5) is 8.78 Å². The van der Waals surface area contributed by atoms with Crippen LogP contribution in [-0.2, 0) is 11.3 Å². The highest BCUT2D eigenvalue weighted by atomic mass is 32.2. The Kier molecular flexibility index (Phi) is 7.00. The third kappa shape index (κ3) is 5.85. The monoisotopic (exact) mass is 421 g/mol. The van der Waals surface area contributed by atoms with Crippen LogP contribution in [0.25, 0.3) is 0 Å². The number of benzene rings is 2. The second-order valence-corrected chi connectivity index (χ2v) is 8.55. The van der Waals surface area contributed by atoms with E-state index in [0.717, 1.165) is 23.3 Å². The minimum atomic E-state index is -2.92. The minimum absolute atomic E-state index is 0.0150. The topological polar surface area (TPSA) is 38.8 Å². The second-order valence-electron chi connectivity index (χ2n) is 7.13. The second kappa shape index (κ2) is 9.48. The van der Waals surface area contributed by atoms with Crippen LogP contribution in [0.15, 0.2) is 47.4 Å². The van der Waals surface area contributed by atoms with Crippen molar-refractivity contribution in [3.63, 3.8) is 0 Å². The minimum Gasteiger partial charge on any atom is -0.493 e. The maximum absolute atomic E-state index is 13.1. The van der Waals surface area contributed by atoms with Gasteiger partial charge in [-0.25, -0.2) is 0 Å². The lowest BCUT2D eigenvalue weighted by molar-refractivity contribution is -0.131. The average molecular weight is 422 g/mol. The summed E-state index contributed by atoms with van der Waals surface area (Å²) in [4.78, 5) is 16.1. The zero-order valence-electron chi connectivity index (χ0n) is 16.7. The Morgan fingerprint density at radius 3 is 2.45 bits per heavy atom. The van der Waals surface area contributed by atoms with Crippen molar-refractivity contribution in [2.24, 2.45) is 0 Å². The zero-order valence-corrected chi connectivity index (χ0v) is 17.5. The van der Waals surface area contributed by atoms with Crippen molar-refractivity contribution in [3.8, 4) is 11.5 Å². The summed E-state index contributed by atoms with van der Waals surface area (Å²) in [6.07, 6.45) is 1.97. The van der Waals surface area contributed by atoms with Gasteiger partial charge in [0.05, 0.1) is 12.4 Å². The summed E-state index contributed by atoms with van der Waals surface area (Å²) in [7, 11) is 1.40. The average Bonchev–Trinajstić information content (AvgIpc) is 3.53. The van der Waals surface area contributed by atoms with Gasteiger partial charge in [0.25, 0.3) is 0 Å². The fourth-order valence-electron chi connectivity index (χ4n) is 3.08. The summed E-state index contributed by atoms with van der Waals surface area (Å²) >= 11 is 1.54. The van der Waals surface area contributed by atoms with Crippen molar-refractivity contribution in [1.29, 1.82) is 0 Å². The molecule has 1 aliphatic carbocycles. The number of hydrogen-bond donors (Lipinski definition) is 0. The van der Waals surface area contributed by atoms with Crippen LogP contribution in [0.2, 0.25) is 0 Å². The predicted molar refractivity (Wildman–Crippen MR) is 110 cm³/mol. The molecule has 1 amide bonds. The van der Waals surface area contributed by atoms with Crippen LogP contribution in [-0.4, -0.2) is 35.8 Å². The number of hydrogen-bond acceptors (Lipinski definition) is 4. The fourth-order valence-corrected chi connectivity index (χ4v) is 4.02. The number of alkyl halides is 2. The van der Waals surface area contributed by atoms with E-state index in [-0.39, 0.29) is 28.7 Å². The number of amides is 1. The van der Waals surface area contributed by atoms with Gasteiger partial charge in [0.1, 0.15) is 0 Å². The van der Waals surface area contributed by atoms with Crippen LogP contribution in [0.3, 0.4) is 0 Å². The number of aryl methyl sites for hydroxylation is 1. The van der Waals surface area contributed by atoms with E-state index < -0.39 is 6.61 Å². The van der Waals surface area contributed by atoms with Gasteiger partial charge in [-0.2, -0.15) is 8.78 Å². The summed E-state index contributed by atoms with van der Waals surface area (Å²) in [5.41, 5.74) is 2.00. The summed E-state index contributed by atoms with van der Waals surface area (Å²) < 4.78 is 34.7. The first-order chi connectivity index (χ1) is 13.9. The van der Waals surface area contributed by atoms with E-state index in [1.165, 1.54) is 18.7 Å². The highest BCUT2D eigenvalue weighted by Gasteiger charge is 2.35. The molecular formula is C22H25F2NO3S. The summed E-state index contributed by atoms with van der Waals surface area (Å²) in [5.74, 6) is 0.289. The van der Waals surface area contributed by atoms with Gasteiger partial charge < -0.3 is 14.4 Å². The molecule has 3 rings (SSSR count). The van der Waals surface area contributed by atoms with Crippen LogP contribution in [0.1, 0.15) is 30.9 Å². The highest BCUT2D eigenvalue weighted by molar-refractivity contribution is 8.00. The molecule has 1 unspecified atom stereocenters. The SMILES string of the molecule is COc1cc(CN(C(=O)C(C)Sc2ccc(C)cc2)C2CC2)ccc1OC(F)F. The predicted octanol–water partition coefficient (Wildman–Crippen LogP) is 5.28. The Balaban J connectivity index is 1.71. The number of carbonyl (C=O) groups excluding carboxylic acids is 1. The van der Waals surface area contributed by atoms with E-state index in [1.54, 1.807) is 23.9 Å². The van der Waals surface area contributed by atoms with Crippen molar-refractivity contribution in [1.82, 2.24) is 4.90 Å². The van der Waals surface area contributed by atoms with E-state index in [9.17, 15) is 13.6 Å². The third-order valence-corrected chi connectivity index (χ3v) is 5.85. The molecular weight excluding hydrogens is 396 g/mol. The van der Waals surface area contributed by atoms with E-state index in [1.807, 2.05) is 43.0 Å². The van der Waals surface area contributed by atoms with E-state index >= 15 is 0 Å². The molecule has 4 nitrogen and oxygen atoms in total. The fraction of sp³-hybridized carbons (Fsp3) is 0.409. The van der Waals surface area contributed by atoms with Crippen LogP contribution >= 0.6 is 11.8 Å². The van der Waals surface area contributed by atoms with Gasteiger partial charge in [-0.3, -0.25) is 4.79 Å². The Bertz CT molecular complexity index is 840. The standard InChI is InChI=1S/C22H25F2NO3S/c1-14-4-9-18(10-5-14)29-15(2)21(26)25(17-7-8-17)13-16-6-11-19(28-22(23)24)20(12-16)27-3/h4-6,9-12,15,17,22H,7-8,13H2,1-3H3. The summed E-state index contributed by atoms with van der Waals surface area (Å²) in [6, 6.07) is 13.2. The lowest BCUT2D eigenvalue weighted by atomic mass is 10.1. The first kappa shape index (κ1) is 21.4. The van der Waals surface area contributed by atoms with Crippen molar-refractivity contribution in [2.45, 2.75) is 56.0 Å². The Hall–Kier alpha value is -2.28. The first-order valence-electron chi connectivity index (χ1n) is 9.53. The van der Waals surface area contributed by atoms with Gasteiger partial charge in [0.2, 0.25) is 5.91 Å². The van der Waals surface area contributed by atoms with E-state index in [2.05, 4.69) is 4.74 Å². The van der Waals surface area contributed by atoms with Crippen LogP contribution in [0, 0.1) is 6.92 Å². The van der Waals surface area contributed by atoms with Gasteiger partial charge in [0, 0.05) is 17.5 Å². The largest absolute Gasteiger partial charge is 0.493 e. The number of thioether (sulfide) groups is 1. The lowest BCUT2D eigenvalue weighted by Crippen LogP contribution is -2.37. The molecule has 0 saturated heterocycles.